The summed E-state index contributed by atoms with van der Waals surface area (Å²) >= 11 is 6.79. The Kier molecular flexibility index (Phi) is 5.79. The second-order valence-electron chi connectivity index (χ2n) is 6.28. The van der Waals surface area contributed by atoms with Gasteiger partial charge in [-0.25, -0.2) is 0 Å². The normalized spacial score (nSPS) is 16.3. The van der Waals surface area contributed by atoms with Gasteiger partial charge in [-0.1, -0.05) is 61.6 Å². The lowest BCUT2D eigenvalue weighted by molar-refractivity contribution is -0.113. The smallest absolute Gasteiger partial charge is 0.271 e. The van der Waals surface area contributed by atoms with Crippen molar-refractivity contribution in [3.63, 3.8) is 0 Å². The number of benzene rings is 2. The second-order valence-corrected chi connectivity index (χ2v) is 7.92. The van der Waals surface area contributed by atoms with Gasteiger partial charge in [0.2, 0.25) is 0 Å². The summed E-state index contributed by atoms with van der Waals surface area (Å²) in [5.74, 6) is 0.115. The molecule has 0 unspecified atom stereocenters. The van der Waals surface area contributed by atoms with Crippen molar-refractivity contribution in [1.29, 1.82) is 0 Å². The summed E-state index contributed by atoms with van der Waals surface area (Å²) in [5, 5.41) is 9.45. The third kappa shape index (κ3) is 3.84. The fourth-order valence-corrected chi connectivity index (χ4v) is 4.20. The van der Waals surface area contributed by atoms with Gasteiger partial charge in [0.15, 0.2) is 4.32 Å². The number of carbonyl (C=O) groups excluding carboxylic acids is 1. The van der Waals surface area contributed by atoms with Gasteiger partial charge in [-0.05, 0) is 60.7 Å². The number of aromatic hydroxyl groups is 1. The minimum Gasteiger partial charge on any atom is -0.508 e. The van der Waals surface area contributed by atoms with Crippen molar-refractivity contribution in [2.45, 2.75) is 33.1 Å². The van der Waals surface area contributed by atoms with Crippen molar-refractivity contribution in [3.8, 4) is 5.75 Å². The van der Waals surface area contributed by atoms with Crippen LogP contribution < -0.4 is 4.90 Å². The van der Waals surface area contributed by atoms with Crippen molar-refractivity contribution >= 4 is 45.5 Å². The Morgan fingerprint density at radius 2 is 1.77 bits per heavy atom. The number of hydrogen-bond acceptors (Lipinski definition) is 4. The predicted octanol–water partition coefficient (Wildman–Crippen LogP) is 5.53. The number of thiocarbonyl (C=S) groups is 1. The number of carbonyl (C=O) groups is 1. The third-order valence-corrected chi connectivity index (χ3v) is 5.90. The summed E-state index contributed by atoms with van der Waals surface area (Å²) in [6.07, 6.45) is 3.38. The van der Waals surface area contributed by atoms with E-state index in [1.165, 1.54) is 17.3 Å². The molecule has 3 nitrogen and oxygen atoms in total. The molecule has 3 rings (SSSR count). The van der Waals surface area contributed by atoms with Gasteiger partial charge in [0, 0.05) is 0 Å². The van der Waals surface area contributed by atoms with Gasteiger partial charge in [0.1, 0.15) is 5.75 Å². The van der Waals surface area contributed by atoms with Crippen molar-refractivity contribution in [3.05, 3.63) is 64.6 Å². The number of thioether (sulfide) groups is 1. The topological polar surface area (TPSA) is 40.5 Å². The Morgan fingerprint density at radius 1 is 1.12 bits per heavy atom. The highest BCUT2D eigenvalue weighted by Crippen LogP contribution is 2.39. The number of rotatable bonds is 5. The van der Waals surface area contributed by atoms with Gasteiger partial charge in [0.25, 0.3) is 5.91 Å². The number of anilines is 1. The average molecular weight is 384 g/mol. The number of unbranched alkanes of at least 4 members (excludes halogenated alkanes) is 1. The number of phenolic OH excluding ortho intramolecular Hbond substituents is 1. The van der Waals surface area contributed by atoms with Crippen LogP contribution >= 0.6 is 24.0 Å². The SMILES string of the molecule is CCCCc1ccc(N2C(=O)/C(=C(\C)c3ccc(O)cc3)SC2=S)cc1. The highest BCUT2D eigenvalue weighted by molar-refractivity contribution is 8.27. The lowest BCUT2D eigenvalue weighted by Gasteiger charge is -2.15. The lowest BCUT2D eigenvalue weighted by atomic mass is 10.1. The summed E-state index contributed by atoms with van der Waals surface area (Å²) in [5.41, 5.74) is 3.85. The van der Waals surface area contributed by atoms with Crippen molar-refractivity contribution in [2.24, 2.45) is 0 Å². The van der Waals surface area contributed by atoms with Crippen LogP contribution in [-0.4, -0.2) is 15.3 Å². The van der Waals surface area contributed by atoms with E-state index in [9.17, 15) is 9.90 Å². The molecule has 0 radical (unpaired) electrons. The van der Waals surface area contributed by atoms with E-state index in [0.717, 1.165) is 36.1 Å². The third-order valence-electron chi connectivity index (χ3n) is 4.42. The first-order valence-electron chi connectivity index (χ1n) is 8.66. The number of allylic oxidation sites excluding steroid dienone is 1. The highest BCUT2D eigenvalue weighted by Gasteiger charge is 2.34. The van der Waals surface area contributed by atoms with Crippen LogP contribution in [0.15, 0.2) is 53.4 Å². The van der Waals surface area contributed by atoms with Crippen LogP contribution in [0.1, 0.15) is 37.8 Å². The maximum atomic E-state index is 13.0. The first-order chi connectivity index (χ1) is 12.5. The fraction of sp³-hybridized carbons (Fsp3) is 0.238. The van der Waals surface area contributed by atoms with E-state index in [4.69, 9.17) is 12.2 Å². The Labute approximate surface area is 163 Å². The van der Waals surface area contributed by atoms with Gasteiger partial charge >= 0.3 is 0 Å². The molecule has 1 amide bonds. The molecule has 1 N–H and O–H groups in total. The molecule has 2 aromatic rings. The number of nitrogens with zero attached hydrogens (tertiary/aromatic N) is 1. The maximum absolute atomic E-state index is 13.0. The number of phenols is 1. The van der Waals surface area contributed by atoms with Crippen LogP contribution in [0.3, 0.4) is 0 Å². The summed E-state index contributed by atoms with van der Waals surface area (Å²) in [4.78, 5) is 15.2. The molecule has 1 heterocycles. The fourth-order valence-electron chi connectivity index (χ4n) is 2.86. The quantitative estimate of drug-likeness (QED) is 0.544. The molecule has 0 atom stereocenters. The molecule has 134 valence electrons. The van der Waals surface area contributed by atoms with Crippen LogP contribution in [-0.2, 0) is 11.2 Å². The Bertz CT molecular complexity index is 855. The molecule has 26 heavy (non-hydrogen) atoms. The van der Waals surface area contributed by atoms with Crippen LogP contribution in [0.5, 0.6) is 5.75 Å². The number of amides is 1. The molecule has 2 aromatic carbocycles. The molecule has 0 spiro atoms. The highest BCUT2D eigenvalue weighted by atomic mass is 32.2. The van der Waals surface area contributed by atoms with Crippen LogP contribution in [0.25, 0.3) is 5.57 Å². The molecule has 0 aromatic heterocycles. The van der Waals surface area contributed by atoms with Gasteiger partial charge < -0.3 is 5.11 Å². The van der Waals surface area contributed by atoms with Crippen molar-refractivity contribution < 1.29 is 9.90 Å². The Hall–Kier alpha value is -2.11. The largest absolute Gasteiger partial charge is 0.508 e. The average Bonchev–Trinajstić information content (AvgIpc) is 2.95. The molecule has 0 bridgehead atoms. The lowest BCUT2D eigenvalue weighted by Crippen LogP contribution is -2.27. The van der Waals surface area contributed by atoms with E-state index in [1.807, 2.05) is 19.1 Å². The standard InChI is InChI=1S/C21H21NO2S2/c1-3-4-5-15-6-10-17(11-7-15)22-20(24)19(26-21(22)25)14(2)16-8-12-18(23)13-9-16/h6-13,23H,3-5H2,1-2H3/b19-14-. The molecular formula is C21H21NO2S2. The number of hydrogen-bond donors (Lipinski definition) is 1. The van der Waals surface area contributed by atoms with Gasteiger partial charge in [0.05, 0.1) is 10.6 Å². The predicted molar refractivity (Wildman–Crippen MR) is 113 cm³/mol. The summed E-state index contributed by atoms with van der Waals surface area (Å²) < 4.78 is 0.546. The van der Waals surface area contributed by atoms with E-state index < -0.39 is 0 Å². The Balaban J connectivity index is 1.86. The zero-order valence-electron chi connectivity index (χ0n) is 14.9. The van der Waals surface area contributed by atoms with Gasteiger partial charge in [-0.3, -0.25) is 9.69 Å². The molecule has 5 heteroatoms. The maximum Gasteiger partial charge on any atom is 0.271 e. The first-order valence-corrected chi connectivity index (χ1v) is 9.89. The minimum absolute atomic E-state index is 0.0908. The molecule has 0 aliphatic carbocycles. The second kappa shape index (κ2) is 8.06. The van der Waals surface area contributed by atoms with Crippen LogP contribution in [0.4, 0.5) is 5.69 Å². The summed E-state index contributed by atoms with van der Waals surface area (Å²) in [7, 11) is 0. The molecule has 1 fully saturated rings. The van der Waals surface area contributed by atoms with Crippen LogP contribution in [0.2, 0.25) is 0 Å². The van der Waals surface area contributed by atoms with E-state index in [1.54, 1.807) is 29.2 Å². The monoisotopic (exact) mass is 383 g/mol. The molecular weight excluding hydrogens is 362 g/mol. The van der Waals surface area contributed by atoms with E-state index in [0.29, 0.717) is 9.23 Å². The zero-order chi connectivity index (χ0) is 18.7. The number of aryl methyl sites for hydroxylation is 1. The minimum atomic E-state index is -0.0908. The van der Waals surface area contributed by atoms with Gasteiger partial charge in [-0.2, -0.15) is 0 Å². The summed E-state index contributed by atoms with van der Waals surface area (Å²) in [6.45, 7) is 4.09. The molecule has 1 saturated heterocycles. The van der Waals surface area contributed by atoms with Crippen molar-refractivity contribution in [2.75, 3.05) is 4.90 Å². The molecule has 1 aliphatic rings. The molecule has 1 aliphatic heterocycles. The first kappa shape index (κ1) is 18.7. The van der Waals surface area contributed by atoms with Crippen LogP contribution in [0, 0.1) is 0 Å². The van der Waals surface area contributed by atoms with Gasteiger partial charge in [-0.15, -0.1) is 0 Å². The Morgan fingerprint density at radius 3 is 2.38 bits per heavy atom. The van der Waals surface area contributed by atoms with Crippen molar-refractivity contribution in [1.82, 2.24) is 0 Å². The zero-order valence-corrected chi connectivity index (χ0v) is 16.5. The van der Waals surface area contributed by atoms with E-state index >= 15 is 0 Å². The molecule has 0 saturated carbocycles. The summed E-state index contributed by atoms with van der Waals surface area (Å²) in [6, 6.07) is 14.9. The van der Waals surface area contributed by atoms with E-state index in [2.05, 4.69) is 19.1 Å². The van der Waals surface area contributed by atoms with E-state index in [-0.39, 0.29) is 11.7 Å².